The third-order valence-corrected chi connectivity index (χ3v) is 5.54. The summed E-state index contributed by atoms with van der Waals surface area (Å²) in [5.74, 6) is -0.409. The van der Waals surface area contributed by atoms with Crippen LogP contribution in [0.15, 0.2) is 36.5 Å². The molecule has 0 spiro atoms. The number of aromatic nitrogens is 2. The van der Waals surface area contributed by atoms with Gasteiger partial charge < -0.3 is 9.64 Å². The van der Waals surface area contributed by atoms with Crippen molar-refractivity contribution >= 4 is 40.3 Å². The number of hydrogen-bond acceptors (Lipinski definition) is 4. The summed E-state index contributed by atoms with van der Waals surface area (Å²) < 4.78 is 21.2. The molecule has 0 saturated carbocycles. The Labute approximate surface area is 190 Å². The van der Waals surface area contributed by atoms with E-state index in [0.717, 1.165) is 11.3 Å². The number of fused-ring (bicyclic) bond motifs is 3. The molecule has 1 aromatic carbocycles. The maximum absolute atomic E-state index is 14.1. The number of benzene rings is 1. The van der Waals surface area contributed by atoms with E-state index in [1.54, 1.807) is 55.5 Å². The first-order chi connectivity index (χ1) is 15.0. The summed E-state index contributed by atoms with van der Waals surface area (Å²) >= 11 is 5.99. The van der Waals surface area contributed by atoms with Crippen LogP contribution in [-0.2, 0) is 17.7 Å². The van der Waals surface area contributed by atoms with Crippen molar-refractivity contribution in [2.24, 2.45) is 0 Å². The van der Waals surface area contributed by atoms with Gasteiger partial charge in [-0.3, -0.25) is 9.47 Å². The third kappa shape index (κ3) is 4.14. The SMILES string of the molecule is CN(C(=O)n1c2c(c3cc(F)ccc31)CN(C(=O)OC(C)(C)C)CC2)c1ccnc(Cl)c1. The van der Waals surface area contributed by atoms with E-state index in [1.165, 1.54) is 23.2 Å². The summed E-state index contributed by atoms with van der Waals surface area (Å²) in [6, 6.07) is 7.29. The number of hydrogen-bond donors (Lipinski definition) is 0. The number of nitrogens with zero attached hydrogens (tertiary/aromatic N) is 4. The van der Waals surface area contributed by atoms with Gasteiger partial charge in [-0.2, -0.15) is 0 Å². The fraction of sp³-hybridized carbons (Fsp3) is 0.348. The fourth-order valence-corrected chi connectivity index (χ4v) is 4.06. The molecule has 0 saturated heterocycles. The Morgan fingerprint density at radius 2 is 1.97 bits per heavy atom. The van der Waals surface area contributed by atoms with Gasteiger partial charge in [-0.25, -0.2) is 19.0 Å². The molecule has 0 radical (unpaired) electrons. The second-order valence-electron chi connectivity index (χ2n) is 8.75. The van der Waals surface area contributed by atoms with Crippen molar-refractivity contribution in [3.8, 4) is 0 Å². The summed E-state index contributed by atoms with van der Waals surface area (Å²) in [6.45, 7) is 6.04. The van der Waals surface area contributed by atoms with Gasteiger partial charge in [0, 0.05) is 48.5 Å². The van der Waals surface area contributed by atoms with Crippen LogP contribution < -0.4 is 4.90 Å². The predicted molar refractivity (Wildman–Crippen MR) is 121 cm³/mol. The molecule has 3 aromatic rings. The monoisotopic (exact) mass is 458 g/mol. The molecule has 2 amide bonds. The number of amides is 2. The van der Waals surface area contributed by atoms with Gasteiger partial charge >= 0.3 is 12.1 Å². The standard InChI is InChI=1S/C23H24ClFN4O3/c1-23(2,3)32-22(31)28-10-8-19-17(13-28)16-11-14(25)5-6-18(16)29(19)21(30)27(4)15-7-9-26-20(24)12-15/h5-7,9,11-12H,8,10,13H2,1-4H3. The normalized spacial score (nSPS) is 13.8. The van der Waals surface area contributed by atoms with Crippen LogP contribution in [0.25, 0.3) is 10.9 Å². The molecule has 2 aromatic heterocycles. The zero-order valence-corrected chi connectivity index (χ0v) is 19.1. The largest absolute Gasteiger partial charge is 0.444 e. The van der Waals surface area contributed by atoms with Crippen molar-refractivity contribution in [1.29, 1.82) is 0 Å². The van der Waals surface area contributed by atoms with Crippen LogP contribution in [-0.4, -0.2) is 45.8 Å². The molecule has 7 nitrogen and oxygen atoms in total. The highest BCUT2D eigenvalue weighted by molar-refractivity contribution is 6.29. The number of carbonyl (C=O) groups is 2. The highest BCUT2D eigenvalue weighted by Gasteiger charge is 2.32. The molecule has 0 aliphatic carbocycles. The van der Waals surface area contributed by atoms with Crippen LogP contribution in [0.4, 0.5) is 19.7 Å². The first-order valence-electron chi connectivity index (χ1n) is 10.2. The quantitative estimate of drug-likeness (QED) is 0.468. The van der Waals surface area contributed by atoms with Crippen molar-refractivity contribution in [1.82, 2.24) is 14.5 Å². The topological polar surface area (TPSA) is 67.7 Å². The average molecular weight is 459 g/mol. The second-order valence-corrected chi connectivity index (χ2v) is 9.14. The van der Waals surface area contributed by atoms with Crippen molar-refractivity contribution in [2.45, 2.75) is 39.3 Å². The zero-order valence-electron chi connectivity index (χ0n) is 18.4. The smallest absolute Gasteiger partial charge is 0.410 e. The minimum Gasteiger partial charge on any atom is -0.444 e. The summed E-state index contributed by atoms with van der Waals surface area (Å²) in [7, 11) is 1.64. The van der Waals surface area contributed by atoms with Crippen LogP contribution in [0.2, 0.25) is 5.15 Å². The summed E-state index contributed by atoms with van der Waals surface area (Å²) in [6.07, 6.45) is 1.52. The van der Waals surface area contributed by atoms with Crippen LogP contribution in [0, 0.1) is 5.82 Å². The Balaban J connectivity index is 1.76. The van der Waals surface area contributed by atoms with Gasteiger partial charge in [0.25, 0.3) is 0 Å². The van der Waals surface area contributed by atoms with Gasteiger partial charge in [0.2, 0.25) is 0 Å². The second kappa shape index (κ2) is 8.09. The summed E-state index contributed by atoms with van der Waals surface area (Å²) in [5, 5.41) is 0.874. The number of ether oxygens (including phenoxy) is 1. The Hall–Kier alpha value is -3.13. The van der Waals surface area contributed by atoms with Crippen molar-refractivity contribution in [3.63, 3.8) is 0 Å². The number of pyridine rings is 1. The molecule has 0 N–H and O–H groups in total. The Bertz CT molecular complexity index is 1220. The molecular formula is C23H24ClFN4O3. The van der Waals surface area contributed by atoms with E-state index in [-0.39, 0.29) is 17.7 Å². The average Bonchev–Trinajstić information content (AvgIpc) is 3.04. The lowest BCUT2D eigenvalue weighted by Gasteiger charge is -2.31. The lowest BCUT2D eigenvalue weighted by atomic mass is 10.0. The molecule has 4 rings (SSSR count). The molecule has 32 heavy (non-hydrogen) atoms. The number of rotatable bonds is 1. The van der Waals surface area contributed by atoms with Crippen LogP contribution in [0.1, 0.15) is 32.0 Å². The molecule has 3 heterocycles. The van der Waals surface area contributed by atoms with E-state index in [0.29, 0.717) is 29.6 Å². The van der Waals surface area contributed by atoms with E-state index < -0.39 is 17.5 Å². The van der Waals surface area contributed by atoms with Gasteiger partial charge in [0.15, 0.2) is 0 Å². The van der Waals surface area contributed by atoms with Crippen LogP contribution in [0.5, 0.6) is 0 Å². The van der Waals surface area contributed by atoms with Gasteiger partial charge in [-0.15, -0.1) is 0 Å². The van der Waals surface area contributed by atoms with Gasteiger partial charge in [0.1, 0.15) is 16.6 Å². The van der Waals surface area contributed by atoms with E-state index in [1.807, 2.05) is 0 Å². The highest BCUT2D eigenvalue weighted by Crippen LogP contribution is 2.33. The molecule has 0 fully saturated rings. The first-order valence-corrected chi connectivity index (χ1v) is 10.6. The van der Waals surface area contributed by atoms with E-state index in [9.17, 15) is 14.0 Å². The minimum absolute atomic E-state index is 0.231. The molecule has 0 atom stereocenters. The lowest BCUT2D eigenvalue weighted by Crippen LogP contribution is -2.41. The van der Waals surface area contributed by atoms with Crippen molar-refractivity contribution < 1.29 is 18.7 Å². The predicted octanol–water partition coefficient (Wildman–Crippen LogP) is 5.23. The molecule has 9 heteroatoms. The van der Waals surface area contributed by atoms with E-state index >= 15 is 0 Å². The molecular weight excluding hydrogens is 435 g/mol. The van der Waals surface area contributed by atoms with Crippen molar-refractivity contribution in [2.75, 3.05) is 18.5 Å². The zero-order chi connectivity index (χ0) is 23.2. The van der Waals surface area contributed by atoms with Crippen LogP contribution >= 0.6 is 11.6 Å². The summed E-state index contributed by atoms with van der Waals surface area (Å²) in [5.41, 5.74) is 2.04. The number of halogens is 2. The molecule has 0 unspecified atom stereocenters. The molecule has 168 valence electrons. The highest BCUT2D eigenvalue weighted by atomic mass is 35.5. The number of carbonyl (C=O) groups excluding carboxylic acids is 2. The fourth-order valence-electron chi connectivity index (χ4n) is 3.89. The van der Waals surface area contributed by atoms with Crippen molar-refractivity contribution in [3.05, 3.63) is 58.8 Å². The van der Waals surface area contributed by atoms with Gasteiger partial charge in [-0.1, -0.05) is 11.6 Å². The molecule has 1 aliphatic heterocycles. The molecule has 0 bridgehead atoms. The minimum atomic E-state index is -0.623. The van der Waals surface area contributed by atoms with Gasteiger partial charge in [0.05, 0.1) is 12.1 Å². The van der Waals surface area contributed by atoms with Crippen LogP contribution in [0.3, 0.4) is 0 Å². The lowest BCUT2D eigenvalue weighted by molar-refractivity contribution is 0.0224. The third-order valence-electron chi connectivity index (χ3n) is 5.34. The Morgan fingerprint density at radius 3 is 2.66 bits per heavy atom. The van der Waals surface area contributed by atoms with E-state index in [2.05, 4.69) is 4.98 Å². The maximum Gasteiger partial charge on any atom is 0.410 e. The Morgan fingerprint density at radius 1 is 1.22 bits per heavy atom. The maximum atomic E-state index is 14.1. The summed E-state index contributed by atoms with van der Waals surface area (Å²) in [4.78, 5) is 33.1. The molecule has 1 aliphatic rings. The van der Waals surface area contributed by atoms with E-state index in [4.69, 9.17) is 16.3 Å². The van der Waals surface area contributed by atoms with Gasteiger partial charge in [-0.05, 0) is 51.1 Å². The number of anilines is 1. The Kier molecular flexibility index (Phi) is 5.58. The first kappa shape index (κ1) is 22.1.